The predicted octanol–water partition coefficient (Wildman–Crippen LogP) is 6.54. The van der Waals surface area contributed by atoms with Crippen LogP contribution in [0.1, 0.15) is 118 Å². The number of ketones is 1. The fraction of sp³-hybridized carbons (Fsp3) is 0.783. The van der Waals surface area contributed by atoms with Crippen LogP contribution in [-0.2, 0) is 11.3 Å². The van der Waals surface area contributed by atoms with E-state index in [1.165, 1.54) is 38.5 Å². The first-order valence-corrected chi connectivity index (χ1v) is 21.8. The average Bonchev–Trinajstić information content (AvgIpc) is 3.77. The second-order valence-electron chi connectivity index (χ2n) is 20.6. The molecule has 1 heterocycles. The first-order valence-electron chi connectivity index (χ1n) is 21.8. The van der Waals surface area contributed by atoms with E-state index in [2.05, 4.69) is 48.8 Å². The van der Waals surface area contributed by atoms with Crippen molar-refractivity contribution in [2.45, 2.75) is 148 Å². The third-order valence-corrected chi connectivity index (χ3v) is 17.8. The number of aryl methyl sites for hydroxylation is 1. The lowest BCUT2D eigenvalue weighted by Gasteiger charge is -2.62. The SMILES string of the molecule is CNCC1C(O)C(O)CC2(C)C3CCC4(C)C(C5CC6CCCC7=C6C(C(C(C)(C)CCn6ccnc6)=C6CCCCC76)C5O)CCC4(O)C3=CC(=O)C12. The maximum Gasteiger partial charge on any atom is 0.159 e. The van der Waals surface area contributed by atoms with E-state index in [1.54, 1.807) is 28.4 Å². The highest BCUT2D eigenvalue weighted by atomic mass is 16.3. The molecule has 1 aromatic heterocycles. The number of nitrogens with one attached hydrogen (secondary N) is 1. The molecule has 8 aliphatic rings. The van der Waals surface area contributed by atoms with Crippen molar-refractivity contribution in [3.63, 3.8) is 0 Å². The molecule has 8 aliphatic carbocycles. The van der Waals surface area contributed by atoms with E-state index >= 15 is 0 Å². The summed E-state index contributed by atoms with van der Waals surface area (Å²) >= 11 is 0. The smallest absolute Gasteiger partial charge is 0.159 e. The maximum atomic E-state index is 14.3. The van der Waals surface area contributed by atoms with E-state index in [0.29, 0.717) is 31.2 Å². The van der Waals surface area contributed by atoms with Crippen LogP contribution in [0.15, 0.2) is 52.7 Å². The Morgan fingerprint density at radius 3 is 2.56 bits per heavy atom. The lowest BCUT2D eigenvalue weighted by Crippen LogP contribution is -2.64. The number of rotatable bonds is 7. The second kappa shape index (κ2) is 13.2. The Balaban J connectivity index is 1.08. The van der Waals surface area contributed by atoms with Gasteiger partial charge in [-0.3, -0.25) is 4.79 Å². The van der Waals surface area contributed by atoms with Crippen molar-refractivity contribution in [1.29, 1.82) is 0 Å². The maximum absolute atomic E-state index is 14.3. The molecule has 0 saturated heterocycles. The minimum Gasteiger partial charge on any atom is -0.392 e. The molecule has 9 rings (SSSR count). The van der Waals surface area contributed by atoms with Crippen LogP contribution in [0.25, 0.3) is 0 Å². The van der Waals surface area contributed by atoms with Gasteiger partial charge in [0.15, 0.2) is 5.78 Å². The van der Waals surface area contributed by atoms with Gasteiger partial charge in [-0.15, -0.1) is 0 Å². The van der Waals surface area contributed by atoms with E-state index in [9.17, 15) is 25.2 Å². The Hall–Kier alpha value is -2.10. The fourth-order valence-corrected chi connectivity index (χ4v) is 15.4. The Morgan fingerprint density at radius 1 is 1.00 bits per heavy atom. The summed E-state index contributed by atoms with van der Waals surface area (Å²) in [7, 11) is 1.84. The molecule has 0 amide bonds. The summed E-state index contributed by atoms with van der Waals surface area (Å²) < 4.78 is 2.20. The van der Waals surface area contributed by atoms with E-state index < -0.39 is 40.7 Å². The Bertz CT molecular complexity index is 1740. The van der Waals surface area contributed by atoms with Crippen molar-refractivity contribution in [2.24, 2.45) is 63.6 Å². The molecule has 1 aromatic rings. The summed E-state index contributed by atoms with van der Waals surface area (Å²) in [6, 6.07) is 0. The quantitative estimate of drug-likeness (QED) is 0.201. The van der Waals surface area contributed by atoms with Gasteiger partial charge >= 0.3 is 0 Å². The van der Waals surface area contributed by atoms with Crippen molar-refractivity contribution >= 4 is 5.78 Å². The monoisotopic (exact) mass is 742 g/mol. The lowest BCUT2D eigenvalue weighted by molar-refractivity contribution is -0.170. The molecule has 296 valence electrons. The largest absolute Gasteiger partial charge is 0.392 e. The Morgan fingerprint density at radius 2 is 1.80 bits per heavy atom. The molecule has 5 fully saturated rings. The van der Waals surface area contributed by atoms with Gasteiger partial charge < -0.3 is 30.3 Å². The van der Waals surface area contributed by atoms with Gasteiger partial charge in [0.05, 0.1) is 30.2 Å². The van der Waals surface area contributed by atoms with Crippen LogP contribution < -0.4 is 5.32 Å². The van der Waals surface area contributed by atoms with Crippen LogP contribution in [0.4, 0.5) is 0 Å². The highest BCUT2D eigenvalue weighted by Crippen LogP contribution is 2.71. The Kier molecular flexibility index (Phi) is 9.18. The number of imidazole rings is 1. The minimum absolute atomic E-state index is 0.00303. The fourth-order valence-electron chi connectivity index (χ4n) is 15.4. The van der Waals surface area contributed by atoms with E-state index in [0.717, 1.165) is 50.6 Å². The molecule has 5 N–H and O–H groups in total. The second-order valence-corrected chi connectivity index (χ2v) is 20.6. The summed E-state index contributed by atoms with van der Waals surface area (Å²) in [5.41, 5.74) is 5.17. The number of nitrogens with zero attached hydrogens (tertiary/aromatic N) is 2. The van der Waals surface area contributed by atoms with Gasteiger partial charge in [0.2, 0.25) is 0 Å². The number of aliphatic hydroxyl groups excluding tert-OH is 3. The van der Waals surface area contributed by atoms with E-state index in [4.69, 9.17) is 0 Å². The number of hydrogen-bond acceptors (Lipinski definition) is 7. The van der Waals surface area contributed by atoms with Crippen molar-refractivity contribution in [3.8, 4) is 0 Å². The molecule has 8 nitrogen and oxygen atoms in total. The highest BCUT2D eigenvalue weighted by molar-refractivity contribution is 5.95. The molecule has 14 unspecified atom stereocenters. The normalized spacial score (nSPS) is 46.0. The van der Waals surface area contributed by atoms with Crippen molar-refractivity contribution in [3.05, 3.63) is 52.7 Å². The number of aromatic nitrogens is 2. The van der Waals surface area contributed by atoms with Crippen LogP contribution >= 0.6 is 0 Å². The van der Waals surface area contributed by atoms with Crippen LogP contribution in [0, 0.1) is 63.6 Å². The van der Waals surface area contributed by atoms with Crippen LogP contribution in [0.3, 0.4) is 0 Å². The van der Waals surface area contributed by atoms with Gasteiger partial charge in [-0.1, -0.05) is 56.4 Å². The number of carbonyl (C=O) groups excluding carboxylic acids is 1. The molecule has 0 aromatic carbocycles. The van der Waals surface area contributed by atoms with Gasteiger partial charge in [0, 0.05) is 54.6 Å². The summed E-state index contributed by atoms with van der Waals surface area (Å²) in [5, 5.41) is 51.8. The Labute approximate surface area is 323 Å². The number of hydrogen-bond donors (Lipinski definition) is 5. The number of allylic oxidation sites excluding steroid dienone is 3. The zero-order valence-electron chi connectivity index (χ0n) is 33.6. The molecular weight excluding hydrogens is 675 g/mol. The average molecular weight is 742 g/mol. The molecule has 8 heteroatoms. The summed E-state index contributed by atoms with van der Waals surface area (Å²) in [6.45, 7) is 10.7. The van der Waals surface area contributed by atoms with Crippen LogP contribution in [-0.4, -0.2) is 73.3 Å². The number of carbonyl (C=O) groups is 1. The first kappa shape index (κ1) is 37.5. The lowest BCUT2D eigenvalue weighted by atomic mass is 9.43. The predicted molar refractivity (Wildman–Crippen MR) is 209 cm³/mol. The van der Waals surface area contributed by atoms with Crippen LogP contribution in [0.5, 0.6) is 0 Å². The van der Waals surface area contributed by atoms with Crippen molar-refractivity contribution in [1.82, 2.24) is 14.9 Å². The van der Waals surface area contributed by atoms with Gasteiger partial charge in [0.1, 0.15) is 0 Å². The standard InChI is InChI=1S/C46H67N3O5/c1-43(2,17-19-49-20-18-48-25-49)40-29-11-7-6-10-27(29)28-12-8-9-26-21-30(42(53)38(40)37(26)28)32-14-16-46(54)34-22-35(50)39-31(24-47-5)41(52)36(51)23-44(39,3)33(34)13-15-45(32,46)4/h18,20,22,25-27,30-33,36,38-39,41-42,47,51-54H,6-17,19,21,23-24H2,1-5H3. The molecule has 5 saturated carbocycles. The van der Waals surface area contributed by atoms with Crippen LogP contribution in [0.2, 0.25) is 0 Å². The molecule has 0 radical (unpaired) electrons. The van der Waals surface area contributed by atoms with Crippen molar-refractivity contribution < 1.29 is 25.2 Å². The first-order chi connectivity index (χ1) is 25.7. The molecular formula is C46H67N3O5. The van der Waals surface area contributed by atoms with Gasteiger partial charge in [-0.2, -0.15) is 0 Å². The third kappa shape index (κ3) is 5.24. The molecule has 54 heavy (non-hydrogen) atoms. The van der Waals surface area contributed by atoms with Gasteiger partial charge in [-0.25, -0.2) is 4.98 Å². The minimum atomic E-state index is -1.14. The number of aliphatic hydroxyl groups is 4. The molecule has 14 atom stereocenters. The van der Waals surface area contributed by atoms with E-state index in [-0.39, 0.29) is 40.8 Å². The third-order valence-electron chi connectivity index (χ3n) is 17.8. The topological polar surface area (TPSA) is 128 Å². The van der Waals surface area contributed by atoms with Crippen molar-refractivity contribution in [2.75, 3.05) is 13.6 Å². The number of fused-ring (bicyclic) bond motifs is 7. The zero-order valence-corrected chi connectivity index (χ0v) is 33.6. The van der Waals surface area contributed by atoms with Gasteiger partial charge in [0.25, 0.3) is 0 Å². The summed E-state index contributed by atoms with van der Waals surface area (Å²) in [5.74, 6) is 0.507. The van der Waals surface area contributed by atoms with E-state index in [1.807, 2.05) is 19.6 Å². The summed E-state index contributed by atoms with van der Waals surface area (Å²) in [6.07, 6.45) is 19.3. The molecule has 0 bridgehead atoms. The summed E-state index contributed by atoms with van der Waals surface area (Å²) in [4.78, 5) is 18.6. The zero-order chi connectivity index (χ0) is 37.9. The molecule has 0 spiro atoms. The molecule has 0 aliphatic heterocycles. The highest BCUT2D eigenvalue weighted by Gasteiger charge is 2.69. The van der Waals surface area contributed by atoms with Gasteiger partial charge in [-0.05, 0) is 137 Å².